The van der Waals surface area contributed by atoms with Crippen molar-refractivity contribution in [3.63, 3.8) is 0 Å². The average molecular weight is 273 g/mol. The van der Waals surface area contributed by atoms with E-state index in [2.05, 4.69) is 25.1 Å². The zero-order chi connectivity index (χ0) is 10.9. The zero-order valence-corrected chi connectivity index (χ0v) is 8.40. The predicted octanol–water partition coefficient (Wildman–Crippen LogP) is 2.85. The minimum absolute atomic E-state index is 0.176. The van der Waals surface area contributed by atoms with Crippen molar-refractivity contribution in [2.75, 3.05) is 7.11 Å². The Balaban J connectivity index is 3.23. The lowest BCUT2D eigenvalue weighted by molar-refractivity contribution is -0.153. The van der Waals surface area contributed by atoms with Crippen molar-refractivity contribution in [1.82, 2.24) is 0 Å². The van der Waals surface area contributed by atoms with Gasteiger partial charge in [-0.15, -0.1) is 0 Å². The maximum absolute atomic E-state index is 12.2. The summed E-state index contributed by atoms with van der Waals surface area (Å²) in [6.07, 6.45) is -4.71. The molecule has 0 spiro atoms. The Morgan fingerprint density at radius 2 is 2.14 bits per heavy atom. The Kier molecular flexibility index (Phi) is 2.89. The van der Waals surface area contributed by atoms with Crippen LogP contribution in [-0.2, 0) is 10.9 Å². The van der Waals surface area contributed by atoms with Gasteiger partial charge in [-0.25, -0.2) is 4.79 Å². The predicted molar refractivity (Wildman–Crippen MR) is 42.7 cm³/mol. The zero-order valence-electron chi connectivity index (χ0n) is 6.81. The van der Waals surface area contributed by atoms with Crippen LogP contribution in [0.4, 0.5) is 13.2 Å². The molecule has 78 valence electrons. The number of furan rings is 1. The number of carbonyl (C=O) groups is 1. The molecule has 0 aromatic carbocycles. The molecular formula is C7H4BrF3O3. The Bertz CT molecular complexity index is 356. The highest BCUT2D eigenvalue weighted by molar-refractivity contribution is 9.10. The van der Waals surface area contributed by atoms with Gasteiger partial charge in [-0.3, -0.25) is 0 Å². The van der Waals surface area contributed by atoms with Gasteiger partial charge >= 0.3 is 12.1 Å². The maximum atomic E-state index is 12.2. The molecule has 1 aromatic rings. The number of hydrogen-bond donors (Lipinski definition) is 0. The molecule has 0 aliphatic carbocycles. The van der Waals surface area contributed by atoms with Crippen molar-refractivity contribution >= 4 is 21.9 Å². The molecule has 0 unspecified atom stereocenters. The fourth-order valence-corrected chi connectivity index (χ4v) is 1.22. The second-order valence-electron chi connectivity index (χ2n) is 2.28. The van der Waals surface area contributed by atoms with Gasteiger partial charge in [0.2, 0.25) is 5.76 Å². The lowest BCUT2D eigenvalue weighted by atomic mass is 10.2. The summed E-state index contributed by atoms with van der Waals surface area (Å²) in [4.78, 5) is 10.9. The summed E-state index contributed by atoms with van der Waals surface area (Å²) in [5.41, 5.74) is -0.646. The largest absolute Gasteiger partial charge is 0.465 e. The summed E-state index contributed by atoms with van der Waals surface area (Å²) in [6, 6.07) is 0.911. The second kappa shape index (κ2) is 3.64. The van der Waals surface area contributed by atoms with Crippen molar-refractivity contribution in [3.05, 3.63) is 22.1 Å². The first kappa shape index (κ1) is 11.1. The van der Waals surface area contributed by atoms with Crippen molar-refractivity contribution in [3.8, 4) is 0 Å². The summed E-state index contributed by atoms with van der Waals surface area (Å²) >= 11 is 2.70. The summed E-state index contributed by atoms with van der Waals surface area (Å²) in [7, 11) is 0.989. The number of rotatable bonds is 1. The number of esters is 1. The van der Waals surface area contributed by atoms with Crippen molar-refractivity contribution in [2.24, 2.45) is 0 Å². The maximum Gasteiger partial charge on any atom is 0.450 e. The van der Waals surface area contributed by atoms with Crippen LogP contribution < -0.4 is 0 Å². The molecule has 0 atom stereocenters. The molecule has 0 aliphatic rings. The summed E-state index contributed by atoms with van der Waals surface area (Å²) < 4.78 is 45.0. The van der Waals surface area contributed by atoms with Crippen molar-refractivity contribution < 1.29 is 27.1 Å². The van der Waals surface area contributed by atoms with Crippen LogP contribution in [0, 0.1) is 0 Å². The third-order valence-corrected chi connectivity index (χ3v) is 1.76. The molecule has 0 N–H and O–H groups in total. The van der Waals surface area contributed by atoms with Gasteiger partial charge in [0.05, 0.1) is 7.11 Å². The Hall–Kier alpha value is -0.980. The van der Waals surface area contributed by atoms with Crippen LogP contribution in [-0.4, -0.2) is 13.1 Å². The summed E-state index contributed by atoms with van der Waals surface area (Å²) in [5, 5.41) is 0. The van der Waals surface area contributed by atoms with E-state index < -0.39 is 23.5 Å². The van der Waals surface area contributed by atoms with Crippen LogP contribution in [0.3, 0.4) is 0 Å². The molecule has 3 nitrogen and oxygen atoms in total. The van der Waals surface area contributed by atoms with Gasteiger partial charge in [0, 0.05) is 6.07 Å². The number of ether oxygens (including phenoxy) is 1. The molecule has 0 saturated heterocycles. The van der Waals surface area contributed by atoms with Gasteiger partial charge in [0.1, 0.15) is 5.56 Å². The normalized spacial score (nSPS) is 11.5. The molecule has 1 rings (SSSR count). The van der Waals surface area contributed by atoms with E-state index in [4.69, 9.17) is 0 Å². The highest BCUT2D eigenvalue weighted by atomic mass is 79.9. The monoisotopic (exact) mass is 272 g/mol. The van der Waals surface area contributed by atoms with E-state index in [0.29, 0.717) is 0 Å². The molecule has 0 radical (unpaired) electrons. The van der Waals surface area contributed by atoms with Gasteiger partial charge in [-0.2, -0.15) is 13.2 Å². The number of carbonyl (C=O) groups excluding carboxylic acids is 1. The molecule has 1 aromatic heterocycles. The van der Waals surface area contributed by atoms with Crippen molar-refractivity contribution in [2.45, 2.75) is 6.18 Å². The van der Waals surface area contributed by atoms with Gasteiger partial charge in [-0.05, 0) is 15.9 Å². The molecule has 0 amide bonds. The quantitative estimate of drug-likeness (QED) is 0.738. The van der Waals surface area contributed by atoms with E-state index in [1.807, 2.05) is 0 Å². The third-order valence-electron chi connectivity index (χ3n) is 1.36. The van der Waals surface area contributed by atoms with E-state index >= 15 is 0 Å². The van der Waals surface area contributed by atoms with E-state index in [-0.39, 0.29) is 4.67 Å². The molecule has 0 bridgehead atoms. The molecule has 0 aliphatic heterocycles. The fourth-order valence-electron chi connectivity index (χ4n) is 0.833. The Labute approximate surface area is 85.0 Å². The minimum atomic E-state index is -4.71. The highest BCUT2D eigenvalue weighted by Crippen LogP contribution is 2.35. The fraction of sp³-hybridized carbons (Fsp3) is 0.286. The average Bonchev–Trinajstić information content (AvgIpc) is 2.45. The topological polar surface area (TPSA) is 39.4 Å². The van der Waals surface area contributed by atoms with Crippen LogP contribution in [0.25, 0.3) is 0 Å². The lowest BCUT2D eigenvalue weighted by Crippen LogP contribution is -2.11. The number of alkyl halides is 3. The molecule has 7 heteroatoms. The van der Waals surface area contributed by atoms with Gasteiger partial charge in [0.25, 0.3) is 0 Å². The van der Waals surface area contributed by atoms with Crippen LogP contribution in [0.2, 0.25) is 0 Å². The smallest absolute Gasteiger partial charge is 0.450 e. The van der Waals surface area contributed by atoms with Gasteiger partial charge in [0.15, 0.2) is 4.67 Å². The number of hydrogen-bond acceptors (Lipinski definition) is 3. The van der Waals surface area contributed by atoms with Crippen LogP contribution in [0.15, 0.2) is 15.2 Å². The van der Waals surface area contributed by atoms with Gasteiger partial charge < -0.3 is 9.15 Å². The summed E-state index contributed by atoms with van der Waals surface area (Å²) in [5.74, 6) is -2.46. The molecular weight excluding hydrogens is 269 g/mol. The third kappa shape index (κ3) is 2.09. The molecule has 0 fully saturated rings. The first-order valence-corrected chi connectivity index (χ1v) is 4.10. The van der Waals surface area contributed by atoms with Gasteiger partial charge in [-0.1, -0.05) is 0 Å². The van der Waals surface area contributed by atoms with E-state index in [1.54, 1.807) is 0 Å². The lowest BCUT2D eigenvalue weighted by Gasteiger charge is -2.03. The SMILES string of the molecule is COC(=O)c1cc(Br)oc1C(F)(F)F. The Morgan fingerprint density at radius 3 is 2.57 bits per heavy atom. The molecule has 14 heavy (non-hydrogen) atoms. The van der Waals surface area contributed by atoms with E-state index in [1.165, 1.54) is 0 Å². The van der Waals surface area contributed by atoms with Crippen molar-refractivity contribution in [1.29, 1.82) is 0 Å². The minimum Gasteiger partial charge on any atom is -0.465 e. The molecule has 0 saturated carbocycles. The van der Waals surface area contributed by atoms with E-state index in [0.717, 1.165) is 13.2 Å². The van der Waals surface area contributed by atoms with Crippen LogP contribution in [0.1, 0.15) is 16.1 Å². The number of halogens is 4. The Morgan fingerprint density at radius 1 is 1.57 bits per heavy atom. The first-order chi connectivity index (χ1) is 6.36. The highest BCUT2D eigenvalue weighted by Gasteiger charge is 2.40. The first-order valence-electron chi connectivity index (χ1n) is 3.31. The summed E-state index contributed by atoms with van der Waals surface area (Å²) in [6.45, 7) is 0. The van der Waals surface area contributed by atoms with Crippen LogP contribution >= 0.6 is 15.9 Å². The second-order valence-corrected chi connectivity index (χ2v) is 3.06. The number of methoxy groups -OCH3 is 1. The molecule has 1 heterocycles. The van der Waals surface area contributed by atoms with Crippen LogP contribution in [0.5, 0.6) is 0 Å². The standard InChI is InChI=1S/C7H4BrF3O3/c1-13-6(12)3-2-4(8)14-5(3)7(9,10)11/h2H,1H3. The van der Waals surface area contributed by atoms with E-state index in [9.17, 15) is 18.0 Å².